The van der Waals surface area contributed by atoms with Crippen LogP contribution in [0.25, 0.3) is 10.9 Å². The fourth-order valence-electron chi connectivity index (χ4n) is 3.93. The van der Waals surface area contributed by atoms with Gasteiger partial charge in [0.2, 0.25) is 0 Å². The third-order valence-corrected chi connectivity index (χ3v) is 7.33. The molecule has 2 aliphatic heterocycles. The second kappa shape index (κ2) is 5.76. The van der Waals surface area contributed by atoms with Crippen molar-refractivity contribution in [3.8, 4) is 0 Å². The fourth-order valence-corrected chi connectivity index (χ4v) is 6.02. The van der Waals surface area contributed by atoms with Gasteiger partial charge in [-0.25, -0.2) is 8.42 Å². The molecule has 0 bridgehead atoms. The Labute approximate surface area is 140 Å². The number of rotatable bonds is 2. The third-order valence-electron chi connectivity index (χ3n) is 5.25. The number of fused-ring (bicyclic) bond motifs is 1. The highest BCUT2D eigenvalue weighted by Crippen LogP contribution is 2.36. The number of benzene rings is 1. The van der Waals surface area contributed by atoms with Crippen molar-refractivity contribution in [3.05, 3.63) is 28.9 Å². The first-order valence-electron chi connectivity index (χ1n) is 8.09. The zero-order chi connectivity index (χ0) is 16.0. The van der Waals surface area contributed by atoms with E-state index in [9.17, 15) is 8.42 Å². The van der Waals surface area contributed by atoms with Gasteiger partial charge in [0.25, 0.3) is 0 Å². The summed E-state index contributed by atoms with van der Waals surface area (Å²) >= 11 is 6.46. The summed E-state index contributed by atoms with van der Waals surface area (Å²) in [5, 5.41) is 8.90. The molecule has 4 rings (SSSR count). The molecule has 2 aromatic rings. The van der Waals surface area contributed by atoms with Gasteiger partial charge >= 0.3 is 0 Å². The first-order valence-corrected chi connectivity index (χ1v) is 10.3. The Hall–Kier alpha value is -1.11. The zero-order valence-corrected chi connectivity index (χ0v) is 14.4. The van der Waals surface area contributed by atoms with Gasteiger partial charge < -0.3 is 0 Å². The highest BCUT2D eigenvalue weighted by molar-refractivity contribution is 7.91. The Bertz CT molecular complexity index is 825. The van der Waals surface area contributed by atoms with Crippen molar-refractivity contribution >= 4 is 32.3 Å². The number of halogens is 1. The number of likely N-dealkylation sites (tertiary alicyclic amines) is 1. The van der Waals surface area contributed by atoms with E-state index in [2.05, 4.69) is 21.2 Å². The number of hydrogen-bond acceptors (Lipinski definition) is 4. The van der Waals surface area contributed by atoms with Crippen LogP contribution in [0.15, 0.2) is 18.3 Å². The number of nitrogens with zero attached hydrogens (tertiary/aromatic N) is 2. The van der Waals surface area contributed by atoms with Crippen molar-refractivity contribution in [1.82, 2.24) is 15.1 Å². The molecule has 5 nitrogen and oxygen atoms in total. The summed E-state index contributed by atoms with van der Waals surface area (Å²) in [6, 6.07) is 4.31. The van der Waals surface area contributed by atoms with Crippen molar-refractivity contribution in [1.29, 1.82) is 0 Å². The lowest BCUT2D eigenvalue weighted by molar-refractivity contribution is 0.165. The smallest absolute Gasteiger partial charge is 0.151 e. The summed E-state index contributed by atoms with van der Waals surface area (Å²) in [4.78, 5) is 2.35. The van der Waals surface area contributed by atoms with Crippen molar-refractivity contribution in [3.63, 3.8) is 0 Å². The second-order valence-electron chi connectivity index (χ2n) is 6.70. The Balaban J connectivity index is 1.47. The Morgan fingerprint density at radius 1 is 1.22 bits per heavy atom. The molecule has 1 unspecified atom stereocenters. The quantitative estimate of drug-likeness (QED) is 0.901. The first kappa shape index (κ1) is 15.4. The molecule has 0 amide bonds. The van der Waals surface area contributed by atoms with Gasteiger partial charge in [-0.05, 0) is 56.0 Å². The lowest BCUT2D eigenvalue weighted by Gasteiger charge is -2.36. The third kappa shape index (κ3) is 2.99. The maximum Gasteiger partial charge on any atom is 0.151 e. The molecule has 1 aromatic heterocycles. The Kier molecular flexibility index (Phi) is 3.86. The van der Waals surface area contributed by atoms with Crippen molar-refractivity contribution in [2.45, 2.75) is 31.2 Å². The molecule has 23 heavy (non-hydrogen) atoms. The topological polar surface area (TPSA) is 66.1 Å². The van der Waals surface area contributed by atoms with E-state index in [0.717, 1.165) is 48.3 Å². The Morgan fingerprint density at radius 3 is 2.70 bits per heavy atom. The van der Waals surface area contributed by atoms with Gasteiger partial charge in [0, 0.05) is 16.5 Å². The average molecular weight is 354 g/mol. The maximum absolute atomic E-state index is 11.7. The van der Waals surface area contributed by atoms with Crippen molar-refractivity contribution in [2.24, 2.45) is 0 Å². The summed E-state index contributed by atoms with van der Waals surface area (Å²) in [6.45, 7) is 1.89. The van der Waals surface area contributed by atoms with E-state index in [1.807, 2.05) is 6.07 Å². The maximum atomic E-state index is 11.7. The first-order chi connectivity index (χ1) is 11.0. The largest absolute Gasteiger partial charge is 0.299 e. The van der Waals surface area contributed by atoms with Gasteiger partial charge in [0.05, 0.1) is 23.2 Å². The van der Waals surface area contributed by atoms with E-state index in [1.54, 1.807) is 6.20 Å². The van der Waals surface area contributed by atoms with Gasteiger partial charge in [-0.15, -0.1) is 0 Å². The summed E-state index contributed by atoms with van der Waals surface area (Å²) in [7, 11) is -2.81. The zero-order valence-electron chi connectivity index (χ0n) is 12.8. The van der Waals surface area contributed by atoms with E-state index in [0.29, 0.717) is 17.4 Å². The van der Waals surface area contributed by atoms with E-state index in [1.165, 1.54) is 5.56 Å². The highest BCUT2D eigenvalue weighted by atomic mass is 35.5. The molecule has 7 heteroatoms. The van der Waals surface area contributed by atoms with Crippen LogP contribution in [0.2, 0.25) is 5.02 Å². The van der Waals surface area contributed by atoms with Crippen LogP contribution in [0.1, 0.15) is 30.7 Å². The molecular formula is C16H20ClN3O2S. The van der Waals surface area contributed by atoms with Crippen LogP contribution in [0.3, 0.4) is 0 Å². The van der Waals surface area contributed by atoms with E-state index < -0.39 is 9.84 Å². The molecule has 2 saturated heterocycles. The van der Waals surface area contributed by atoms with Crippen LogP contribution in [0.4, 0.5) is 0 Å². The van der Waals surface area contributed by atoms with Crippen LogP contribution >= 0.6 is 11.6 Å². The molecule has 124 valence electrons. The van der Waals surface area contributed by atoms with E-state index in [4.69, 9.17) is 11.6 Å². The molecule has 0 radical (unpaired) electrons. The molecule has 1 atom stereocenters. The van der Waals surface area contributed by atoms with Gasteiger partial charge in [0.15, 0.2) is 9.84 Å². The van der Waals surface area contributed by atoms with E-state index in [-0.39, 0.29) is 6.04 Å². The molecule has 1 N–H and O–H groups in total. The molecule has 1 aromatic carbocycles. The van der Waals surface area contributed by atoms with Gasteiger partial charge in [-0.1, -0.05) is 11.6 Å². The summed E-state index contributed by atoms with van der Waals surface area (Å²) < 4.78 is 23.3. The van der Waals surface area contributed by atoms with Crippen molar-refractivity contribution < 1.29 is 8.42 Å². The number of nitrogens with one attached hydrogen (secondary N) is 1. The molecule has 0 spiro atoms. The number of hydrogen-bond donors (Lipinski definition) is 1. The normalized spacial score (nSPS) is 26.0. The van der Waals surface area contributed by atoms with Gasteiger partial charge in [-0.2, -0.15) is 5.10 Å². The average Bonchev–Trinajstić information content (AvgIpc) is 3.12. The molecular weight excluding hydrogens is 334 g/mol. The lowest BCUT2D eigenvalue weighted by atomic mass is 9.88. The van der Waals surface area contributed by atoms with Crippen LogP contribution in [0, 0.1) is 0 Å². The minimum absolute atomic E-state index is 0.214. The summed E-state index contributed by atoms with van der Waals surface area (Å²) in [5.74, 6) is 1.11. The van der Waals surface area contributed by atoms with Gasteiger partial charge in [-0.3, -0.25) is 10.00 Å². The minimum Gasteiger partial charge on any atom is -0.299 e. The monoisotopic (exact) mass is 353 g/mol. The number of H-pyrrole nitrogens is 1. The second-order valence-corrected chi connectivity index (χ2v) is 9.33. The molecule has 0 aliphatic carbocycles. The summed E-state index contributed by atoms with van der Waals surface area (Å²) in [6.07, 6.45) is 4.62. The predicted molar refractivity (Wildman–Crippen MR) is 91.7 cm³/mol. The van der Waals surface area contributed by atoms with Gasteiger partial charge in [0.1, 0.15) is 0 Å². The van der Waals surface area contributed by atoms with Crippen LogP contribution < -0.4 is 0 Å². The predicted octanol–water partition coefficient (Wildman–Crippen LogP) is 2.58. The molecule has 2 fully saturated rings. The number of sulfone groups is 1. The summed E-state index contributed by atoms with van der Waals surface area (Å²) in [5.41, 5.74) is 2.20. The SMILES string of the molecule is O=S1(=O)CCC(N2CCC(c3cc4[nH]ncc4cc3Cl)CC2)C1. The van der Waals surface area contributed by atoms with Crippen LogP contribution in [-0.4, -0.2) is 54.2 Å². The number of piperidine rings is 1. The number of aromatic nitrogens is 2. The number of aromatic amines is 1. The minimum atomic E-state index is -2.81. The van der Waals surface area contributed by atoms with Crippen molar-refractivity contribution in [2.75, 3.05) is 24.6 Å². The van der Waals surface area contributed by atoms with E-state index >= 15 is 0 Å². The molecule has 2 aliphatic rings. The van der Waals surface area contributed by atoms with Crippen LogP contribution in [0.5, 0.6) is 0 Å². The molecule has 0 saturated carbocycles. The van der Waals surface area contributed by atoms with Crippen LogP contribution in [-0.2, 0) is 9.84 Å². The fraction of sp³-hybridized carbons (Fsp3) is 0.562. The Morgan fingerprint density at radius 2 is 2.00 bits per heavy atom. The highest BCUT2D eigenvalue weighted by Gasteiger charge is 2.34. The lowest BCUT2D eigenvalue weighted by Crippen LogP contribution is -2.41. The standard InChI is InChI=1S/C16H20ClN3O2S/c17-15-7-12-9-18-19-16(12)8-14(15)11-1-4-20(5-2-11)13-3-6-23(21,22)10-13/h7-9,11,13H,1-6,10H2,(H,18,19). The molecule has 3 heterocycles.